The van der Waals surface area contributed by atoms with Crippen molar-refractivity contribution in [1.29, 1.82) is 0 Å². The Balaban J connectivity index is 1.90. The fraction of sp³-hybridized carbons (Fsp3) is 0.208. The van der Waals surface area contributed by atoms with Gasteiger partial charge in [0.2, 0.25) is 5.91 Å². The van der Waals surface area contributed by atoms with Crippen molar-refractivity contribution in [3.63, 3.8) is 0 Å². The molecule has 7 heteroatoms. The molecule has 0 fully saturated rings. The zero-order valence-electron chi connectivity index (χ0n) is 18.0. The predicted molar refractivity (Wildman–Crippen MR) is 122 cm³/mol. The molecule has 2 heterocycles. The third-order valence-electron chi connectivity index (χ3n) is 5.59. The van der Waals surface area contributed by atoms with E-state index in [4.69, 9.17) is 0 Å². The minimum Gasteiger partial charge on any atom is -0.344 e. The lowest BCUT2D eigenvalue weighted by molar-refractivity contribution is -0.118. The molecule has 0 saturated carbocycles. The lowest BCUT2D eigenvalue weighted by Crippen LogP contribution is -2.42. The van der Waals surface area contributed by atoms with Gasteiger partial charge in [-0.05, 0) is 30.2 Å². The molecule has 7 nitrogen and oxygen atoms in total. The summed E-state index contributed by atoms with van der Waals surface area (Å²) < 4.78 is 4.16. The summed E-state index contributed by atoms with van der Waals surface area (Å²) in [4.78, 5) is 40.6. The molecule has 0 aliphatic heterocycles. The first kappa shape index (κ1) is 20.4. The zero-order chi connectivity index (χ0) is 22.3. The maximum Gasteiger partial charge on any atom is 0.331 e. The van der Waals surface area contributed by atoms with Crippen molar-refractivity contribution in [3.05, 3.63) is 87.2 Å². The van der Waals surface area contributed by atoms with Crippen LogP contribution in [0.2, 0.25) is 0 Å². The van der Waals surface area contributed by atoms with Crippen molar-refractivity contribution in [2.75, 3.05) is 11.9 Å². The van der Waals surface area contributed by atoms with E-state index in [0.29, 0.717) is 11.0 Å². The molecule has 4 aromatic rings. The van der Waals surface area contributed by atoms with Gasteiger partial charge < -0.3 is 9.47 Å². The van der Waals surface area contributed by atoms with Gasteiger partial charge in [-0.1, -0.05) is 42.5 Å². The zero-order valence-corrected chi connectivity index (χ0v) is 18.0. The van der Waals surface area contributed by atoms with Crippen LogP contribution in [0.25, 0.3) is 22.2 Å². The molecule has 1 amide bonds. The Morgan fingerprint density at radius 3 is 2.35 bits per heavy atom. The number of aromatic nitrogens is 3. The minimum atomic E-state index is -0.521. The molecule has 2 aromatic carbocycles. The van der Waals surface area contributed by atoms with E-state index in [1.807, 2.05) is 67.7 Å². The summed E-state index contributed by atoms with van der Waals surface area (Å²) in [5.41, 5.74) is 3.32. The number of anilines is 1. The highest BCUT2D eigenvalue weighted by molar-refractivity contribution is 5.96. The average molecular weight is 416 g/mol. The lowest BCUT2D eigenvalue weighted by atomic mass is 10.1. The van der Waals surface area contributed by atoms with Crippen molar-refractivity contribution < 1.29 is 4.79 Å². The lowest BCUT2D eigenvalue weighted by Gasteiger charge is -2.19. The summed E-state index contributed by atoms with van der Waals surface area (Å²) in [6, 6.07) is 17.1. The van der Waals surface area contributed by atoms with Crippen LogP contribution in [-0.2, 0) is 25.4 Å². The van der Waals surface area contributed by atoms with Gasteiger partial charge in [0.1, 0.15) is 12.1 Å². The SMILES string of the molecule is Cc1cccc(N(C)C(=O)Cn2c(=O)n(C)c(=O)c3c2c(-c2ccccc2)cn3C)c1. The first-order chi connectivity index (χ1) is 14.8. The van der Waals surface area contributed by atoms with Crippen molar-refractivity contribution in [2.45, 2.75) is 13.5 Å². The van der Waals surface area contributed by atoms with Crippen LogP contribution in [0.3, 0.4) is 0 Å². The minimum absolute atomic E-state index is 0.183. The first-order valence-electron chi connectivity index (χ1n) is 9.97. The summed E-state index contributed by atoms with van der Waals surface area (Å²) in [7, 11) is 4.89. The third kappa shape index (κ3) is 3.48. The molecule has 0 bridgehead atoms. The number of likely N-dealkylation sites (N-methyl/N-ethyl adjacent to an activating group) is 1. The Hall–Kier alpha value is -3.87. The Bertz CT molecular complexity index is 1410. The maximum absolute atomic E-state index is 13.1. The van der Waals surface area contributed by atoms with E-state index in [1.165, 1.54) is 16.5 Å². The van der Waals surface area contributed by atoms with Crippen LogP contribution in [0.1, 0.15) is 5.56 Å². The molecule has 0 aliphatic rings. The molecule has 158 valence electrons. The second kappa shape index (κ2) is 7.75. The second-order valence-corrected chi connectivity index (χ2v) is 7.74. The highest BCUT2D eigenvalue weighted by Gasteiger charge is 2.22. The summed E-state index contributed by atoms with van der Waals surface area (Å²) >= 11 is 0. The van der Waals surface area contributed by atoms with E-state index in [0.717, 1.165) is 26.9 Å². The first-order valence-corrected chi connectivity index (χ1v) is 9.97. The van der Waals surface area contributed by atoms with Crippen LogP contribution in [0.15, 0.2) is 70.4 Å². The smallest absolute Gasteiger partial charge is 0.331 e. The number of aryl methyl sites for hydroxylation is 2. The number of rotatable bonds is 4. The normalized spacial score (nSPS) is 11.1. The Morgan fingerprint density at radius 2 is 1.68 bits per heavy atom. The molecule has 0 spiro atoms. The van der Waals surface area contributed by atoms with Crippen LogP contribution in [0, 0.1) is 6.92 Å². The van der Waals surface area contributed by atoms with E-state index in [9.17, 15) is 14.4 Å². The van der Waals surface area contributed by atoms with Gasteiger partial charge in [0, 0.05) is 38.6 Å². The molecule has 0 unspecified atom stereocenters. The largest absolute Gasteiger partial charge is 0.344 e. The average Bonchev–Trinajstić information content (AvgIpc) is 3.12. The molecule has 0 saturated heterocycles. The molecule has 2 aromatic heterocycles. The number of fused-ring (bicyclic) bond motifs is 1. The van der Waals surface area contributed by atoms with Gasteiger partial charge in [0.25, 0.3) is 5.56 Å². The molecule has 31 heavy (non-hydrogen) atoms. The van der Waals surface area contributed by atoms with E-state index >= 15 is 0 Å². The van der Waals surface area contributed by atoms with Crippen molar-refractivity contribution >= 4 is 22.6 Å². The molecular formula is C24H24N4O3. The highest BCUT2D eigenvalue weighted by Crippen LogP contribution is 2.28. The van der Waals surface area contributed by atoms with Crippen molar-refractivity contribution in [2.24, 2.45) is 14.1 Å². The van der Waals surface area contributed by atoms with Gasteiger partial charge in [0.15, 0.2) is 0 Å². The van der Waals surface area contributed by atoms with Crippen LogP contribution in [0.5, 0.6) is 0 Å². The van der Waals surface area contributed by atoms with Crippen LogP contribution in [-0.4, -0.2) is 26.7 Å². The fourth-order valence-electron chi connectivity index (χ4n) is 3.86. The van der Waals surface area contributed by atoms with Gasteiger partial charge in [0.05, 0.1) is 5.52 Å². The Labute approximate surface area is 179 Å². The van der Waals surface area contributed by atoms with Crippen molar-refractivity contribution in [3.8, 4) is 11.1 Å². The number of nitrogens with zero attached hydrogens (tertiary/aromatic N) is 4. The van der Waals surface area contributed by atoms with E-state index < -0.39 is 5.69 Å². The fourth-order valence-corrected chi connectivity index (χ4v) is 3.86. The van der Waals surface area contributed by atoms with Crippen molar-refractivity contribution in [1.82, 2.24) is 13.7 Å². The third-order valence-corrected chi connectivity index (χ3v) is 5.59. The number of hydrogen-bond acceptors (Lipinski definition) is 3. The van der Waals surface area contributed by atoms with Gasteiger partial charge in [-0.25, -0.2) is 4.79 Å². The second-order valence-electron chi connectivity index (χ2n) is 7.74. The molecular weight excluding hydrogens is 392 g/mol. The standard InChI is InChI=1S/C24H24N4O3/c1-16-9-8-12-18(13-16)26(3)20(29)15-28-21-19(17-10-6-5-7-11-17)14-25(2)22(21)23(30)27(4)24(28)31/h5-14H,15H2,1-4H3. The van der Waals surface area contributed by atoms with Crippen LogP contribution in [0.4, 0.5) is 5.69 Å². The topological polar surface area (TPSA) is 69.2 Å². The summed E-state index contributed by atoms with van der Waals surface area (Å²) in [6.07, 6.45) is 1.83. The molecule has 0 radical (unpaired) electrons. The quantitative estimate of drug-likeness (QED) is 0.514. The molecule has 0 atom stereocenters. The molecule has 4 rings (SSSR count). The summed E-state index contributed by atoms with van der Waals surface area (Å²) in [5, 5.41) is 0. The molecule has 0 aliphatic carbocycles. The van der Waals surface area contributed by atoms with E-state index in [-0.39, 0.29) is 18.0 Å². The van der Waals surface area contributed by atoms with Gasteiger partial charge in [-0.3, -0.25) is 18.7 Å². The highest BCUT2D eigenvalue weighted by atomic mass is 16.2. The van der Waals surface area contributed by atoms with Gasteiger partial charge in [-0.15, -0.1) is 0 Å². The maximum atomic E-state index is 13.1. The summed E-state index contributed by atoms with van der Waals surface area (Å²) in [5.74, 6) is -0.254. The van der Waals surface area contributed by atoms with E-state index in [2.05, 4.69) is 0 Å². The summed E-state index contributed by atoms with van der Waals surface area (Å²) in [6.45, 7) is 1.77. The van der Waals surface area contributed by atoms with E-state index in [1.54, 1.807) is 18.7 Å². The number of carbonyl (C=O) groups excluding carboxylic acids is 1. The number of amides is 1. The monoisotopic (exact) mass is 416 g/mol. The Kier molecular flexibility index (Phi) is 5.10. The van der Waals surface area contributed by atoms with Crippen LogP contribution < -0.4 is 16.1 Å². The Morgan fingerprint density at radius 1 is 0.968 bits per heavy atom. The number of hydrogen-bond donors (Lipinski definition) is 0. The molecule has 0 N–H and O–H groups in total. The predicted octanol–water partition coefficient (Wildman–Crippen LogP) is 2.68. The van der Waals surface area contributed by atoms with Gasteiger partial charge in [-0.2, -0.15) is 0 Å². The van der Waals surface area contributed by atoms with Crippen LogP contribution >= 0.6 is 0 Å². The van der Waals surface area contributed by atoms with Gasteiger partial charge >= 0.3 is 5.69 Å². The number of benzene rings is 2. The number of carbonyl (C=O) groups is 1.